The van der Waals surface area contributed by atoms with Gasteiger partial charge in [0, 0.05) is 113 Å². The monoisotopic (exact) mass is 1190 g/mol. The molecule has 4 aliphatic rings. The lowest BCUT2D eigenvalue weighted by Gasteiger charge is -2.43. The van der Waals surface area contributed by atoms with E-state index in [2.05, 4.69) is 66.1 Å². The number of aryl methyl sites for hydroxylation is 2. The molecular weight excluding hydrogens is 1120 g/mol. The van der Waals surface area contributed by atoms with E-state index in [0.29, 0.717) is 44.9 Å². The summed E-state index contributed by atoms with van der Waals surface area (Å²) in [4.78, 5) is 64.7. The first kappa shape index (κ1) is 58.7. The highest BCUT2D eigenvalue weighted by Crippen LogP contribution is 2.41. The highest BCUT2D eigenvalue weighted by molar-refractivity contribution is 7.73. The maximum Gasteiger partial charge on any atom is 0.243 e. The number of nitrogens with zero attached hydrogens (tertiary/aromatic N) is 9. The van der Waals surface area contributed by atoms with E-state index in [0.717, 1.165) is 109 Å². The van der Waals surface area contributed by atoms with Crippen LogP contribution in [0.1, 0.15) is 97.0 Å². The van der Waals surface area contributed by atoms with Crippen LogP contribution in [0.15, 0.2) is 95.2 Å². The number of halogens is 3. The molecule has 3 aromatic carbocycles. The van der Waals surface area contributed by atoms with E-state index < -0.39 is 69.2 Å². The van der Waals surface area contributed by atoms with Gasteiger partial charge in [0.2, 0.25) is 28.5 Å². The minimum atomic E-state index is -3.49. The minimum Gasteiger partial charge on any atom is -0.391 e. The fraction of sp³-hybridized carbons (Fsp3) is 0.443. The summed E-state index contributed by atoms with van der Waals surface area (Å²) in [5.74, 6) is -3.94. The molecular formula is C61H70F3N11O7S2. The number of pyridine rings is 1. The number of fused-ring (bicyclic) bond motifs is 1. The SMILES string of the molecule is Cc1cc([C@@H](C(=O)N2C[C@H](O)C[C@H]2C(=O)N[C@@H](C)c2ccc(-c3scnc3C)cc2)C(C)(C)CN2CCN(CC3CCN(c4ccc(-c5cnc6[nH]cc(C(=O)c7c(F)ccc(N(N8CC[C@@H](F)C8)[SH](=O)=O)c7F)c6c5)cc4)CC3)CC2)on1. The lowest BCUT2D eigenvalue weighted by Crippen LogP contribution is -2.54. The van der Waals surface area contributed by atoms with Crippen LogP contribution in [-0.4, -0.2) is 161 Å². The fourth-order valence-corrected chi connectivity index (χ4v) is 14.2. The molecule has 0 unspecified atom stereocenters. The quantitative estimate of drug-likeness (QED) is 0.0472. The predicted octanol–water partition coefficient (Wildman–Crippen LogP) is 8.24. The number of carbonyl (C=O) groups excluding carboxylic acids is 3. The first-order chi connectivity index (χ1) is 40.3. The highest BCUT2D eigenvalue weighted by atomic mass is 32.2. The fourth-order valence-electron chi connectivity index (χ4n) is 12.7. The summed E-state index contributed by atoms with van der Waals surface area (Å²) in [6, 6.07) is 20.2. The van der Waals surface area contributed by atoms with Crippen molar-refractivity contribution in [1.82, 2.24) is 45.1 Å². The van der Waals surface area contributed by atoms with E-state index in [1.807, 2.05) is 62.7 Å². The molecule has 2 amide bonds. The number of thiol groups is 1. The number of ketones is 1. The number of hydrogen-bond donors (Lipinski definition) is 4. The maximum atomic E-state index is 16.1. The number of carbonyl (C=O) groups is 3. The van der Waals surface area contributed by atoms with E-state index in [4.69, 9.17) is 4.52 Å². The van der Waals surface area contributed by atoms with Crippen LogP contribution in [-0.2, 0) is 20.5 Å². The third kappa shape index (κ3) is 12.3. The van der Waals surface area contributed by atoms with Gasteiger partial charge in [-0.1, -0.05) is 55.4 Å². The number of anilines is 2. The number of hydrazine groups is 1. The van der Waals surface area contributed by atoms with E-state index in [1.165, 1.54) is 11.1 Å². The molecule has 4 fully saturated rings. The Morgan fingerprint density at radius 2 is 1.61 bits per heavy atom. The van der Waals surface area contributed by atoms with Crippen LogP contribution in [0.2, 0.25) is 0 Å². The smallest absolute Gasteiger partial charge is 0.243 e. The topological polar surface area (TPSA) is 205 Å². The molecule has 11 rings (SSSR count). The molecule has 18 nitrogen and oxygen atoms in total. The Kier molecular flexibility index (Phi) is 17.1. The Morgan fingerprint density at radius 3 is 2.26 bits per heavy atom. The average Bonchev–Trinajstić information content (AvgIpc) is 2.82. The first-order valence-corrected chi connectivity index (χ1v) is 30.7. The third-order valence-electron chi connectivity index (χ3n) is 17.2. The number of amides is 2. The van der Waals surface area contributed by atoms with E-state index in [-0.39, 0.29) is 55.9 Å². The number of rotatable bonds is 18. The van der Waals surface area contributed by atoms with Gasteiger partial charge in [-0.3, -0.25) is 14.4 Å². The number of thiazole rings is 1. The summed E-state index contributed by atoms with van der Waals surface area (Å²) >= 11 is 1.58. The van der Waals surface area contributed by atoms with Crippen molar-refractivity contribution in [2.75, 3.05) is 81.3 Å². The number of hydrogen-bond acceptors (Lipinski definition) is 15. The zero-order valence-corrected chi connectivity index (χ0v) is 49.4. The predicted molar refractivity (Wildman–Crippen MR) is 316 cm³/mol. The zero-order chi connectivity index (χ0) is 59.1. The van der Waals surface area contributed by atoms with Gasteiger partial charge >= 0.3 is 0 Å². The number of aliphatic hydroxyl groups excluding tert-OH is 1. The molecule has 0 bridgehead atoms. The number of aromatic amines is 1. The summed E-state index contributed by atoms with van der Waals surface area (Å²) in [6.45, 7) is 16.4. The Morgan fingerprint density at radius 1 is 0.893 bits per heavy atom. The Hall–Kier alpha value is -7.02. The van der Waals surface area contributed by atoms with Gasteiger partial charge in [0.15, 0.2) is 5.82 Å². The molecule has 0 saturated carbocycles. The van der Waals surface area contributed by atoms with E-state index in [9.17, 15) is 32.3 Å². The molecule has 0 spiro atoms. The molecule has 23 heteroatoms. The molecule has 0 radical (unpaired) electrons. The number of alkyl halides is 1. The van der Waals surface area contributed by atoms with Crippen molar-refractivity contribution < 1.29 is 45.6 Å². The van der Waals surface area contributed by atoms with Crippen LogP contribution in [0.25, 0.3) is 32.6 Å². The molecule has 5 atom stereocenters. The number of β-amino-alcohol motifs (C(OH)–C–C–N with tert-alkyl or cyclic N) is 1. The molecule has 4 aliphatic heterocycles. The molecule has 4 saturated heterocycles. The Bertz CT molecular complexity index is 3610. The van der Waals surface area contributed by atoms with Crippen LogP contribution < -0.4 is 14.6 Å². The van der Waals surface area contributed by atoms with Gasteiger partial charge < -0.3 is 39.5 Å². The number of H-pyrrole nitrogens is 1. The van der Waals surface area contributed by atoms with Crippen LogP contribution in [0, 0.1) is 36.8 Å². The standard InChI is InChI=1S/C61H70F3N11O7S2/c1-36-26-52(82-69-36)54(60(79)74-33-46(76)28-51(74)59(78)68-37(2)40-6-8-42(9-7-40)57-38(3)67-35-83-57)61(4,5)34-71-24-22-70(23-25-71)31-39-16-19-72(20-17-39)45-12-10-41(11-13-45)43-27-47-48(30-66-58(47)65-29-43)56(77)53-49(63)14-15-50(55(53)64)75(84(80)81)73-21-18-44(62)32-73/h6-15,26-27,29-30,35,37,39,44,46,51,54,76,84H,16-25,28,31-34H2,1-5H3,(H,65,66)(H,68,78)/t37-,44+,46+,51-,54-/m0/s1. The molecule has 84 heavy (non-hydrogen) atoms. The first-order valence-electron chi connectivity index (χ1n) is 28.7. The summed E-state index contributed by atoms with van der Waals surface area (Å²) in [6.07, 6.45) is 3.02. The van der Waals surface area contributed by atoms with Crippen molar-refractivity contribution >= 4 is 62.2 Å². The summed E-state index contributed by atoms with van der Waals surface area (Å²) in [5.41, 5.74) is 6.11. The van der Waals surface area contributed by atoms with E-state index in [1.54, 1.807) is 29.7 Å². The Balaban J connectivity index is 0.677. The second-order valence-electron chi connectivity index (χ2n) is 23.6. The Labute approximate surface area is 491 Å². The van der Waals surface area contributed by atoms with Gasteiger partial charge in [-0.25, -0.2) is 36.6 Å². The van der Waals surface area contributed by atoms with Gasteiger partial charge in [-0.05, 0) is 98.4 Å². The lowest BCUT2D eigenvalue weighted by atomic mass is 9.75. The van der Waals surface area contributed by atoms with Crippen molar-refractivity contribution in [2.45, 2.75) is 90.6 Å². The van der Waals surface area contributed by atoms with E-state index >= 15 is 8.78 Å². The van der Waals surface area contributed by atoms with Gasteiger partial charge in [0.25, 0.3) is 0 Å². The normalized spacial score (nSPS) is 20.3. The summed E-state index contributed by atoms with van der Waals surface area (Å²) in [7, 11) is -3.49. The molecule has 4 aromatic heterocycles. The molecule has 444 valence electrons. The number of aromatic nitrogens is 4. The van der Waals surface area contributed by atoms with Crippen LogP contribution in [0.4, 0.5) is 24.5 Å². The average molecular weight is 1190 g/mol. The van der Waals surface area contributed by atoms with Crippen LogP contribution in [0.3, 0.4) is 0 Å². The third-order valence-corrected chi connectivity index (χ3v) is 19.0. The second-order valence-corrected chi connectivity index (χ2v) is 25.3. The number of likely N-dealkylation sites (tertiary alicyclic amines) is 1. The van der Waals surface area contributed by atoms with Gasteiger partial charge in [-0.15, -0.1) is 11.3 Å². The molecule has 8 heterocycles. The van der Waals surface area contributed by atoms with Crippen molar-refractivity contribution in [3.8, 4) is 21.6 Å². The summed E-state index contributed by atoms with van der Waals surface area (Å²) < 4.78 is 76.5. The molecule has 0 aliphatic carbocycles. The van der Waals surface area contributed by atoms with Crippen molar-refractivity contribution in [2.24, 2.45) is 11.3 Å². The van der Waals surface area contributed by atoms with Crippen molar-refractivity contribution in [1.29, 1.82) is 0 Å². The zero-order valence-electron chi connectivity index (χ0n) is 47.6. The van der Waals surface area contributed by atoms with Crippen molar-refractivity contribution in [3.63, 3.8) is 0 Å². The largest absolute Gasteiger partial charge is 0.391 e. The van der Waals surface area contributed by atoms with Gasteiger partial charge in [-0.2, -0.15) is 4.41 Å². The molecule has 7 aromatic rings. The molecule has 3 N–H and O–H groups in total. The number of aliphatic hydroxyl groups is 1. The van der Waals surface area contributed by atoms with Crippen LogP contribution in [0.5, 0.6) is 0 Å². The van der Waals surface area contributed by atoms with Crippen LogP contribution >= 0.6 is 11.3 Å². The number of nitrogens with one attached hydrogen (secondary N) is 2. The van der Waals surface area contributed by atoms with Gasteiger partial charge in [0.05, 0.1) is 46.0 Å². The highest BCUT2D eigenvalue weighted by Gasteiger charge is 2.48. The summed E-state index contributed by atoms with van der Waals surface area (Å²) in [5, 5.41) is 19.7. The van der Waals surface area contributed by atoms with Crippen molar-refractivity contribution in [3.05, 3.63) is 136 Å². The lowest BCUT2D eigenvalue weighted by molar-refractivity contribution is -0.143. The number of piperidine rings is 1. The maximum absolute atomic E-state index is 16.1. The second kappa shape index (κ2) is 24.5. The number of piperazine rings is 1. The number of benzene rings is 3. The minimum absolute atomic E-state index is 0.00166. The van der Waals surface area contributed by atoms with Gasteiger partial charge in [0.1, 0.15) is 41.0 Å².